The lowest BCUT2D eigenvalue weighted by atomic mass is 10.1. The third-order valence-corrected chi connectivity index (χ3v) is 3.69. The number of carbonyl (C=O) groups is 1. The van der Waals surface area contributed by atoms with Gasteiger partial charge in [-0.05, 0) is 38.3 Å². The van der Waals surface area contributed by atoms with Gasteiger partial charge >= 0.3 is 0 Å². The number of aryl methyl sites for hydroxylation is 1. The number of aliphatic hydroxyl groups excluding tert-OH is 1. The molecule has 94 valence electrons. The zero-order chi connectivity index (χ0) is 12.4. The van der Waals surface area contributed by atoms with Crippen LogP contribution in [0.4, 0.5) is 0 Å². The van der Waals surface area contributed by atoms with Crippen molar-refractivity contribution in [2.75, 3.05) is 13.2 Å². The molecular weight excluding hydrogens is 216 g/mol. The summed E-state index contributed by atoms with van der Waals surface area (Å²) in [6.45, 7) is 2.96. The molecule has 0 saturated carbocycles. The van der Waals surface area contributed by atoms with E-state index in [9.17, 15) is 4.79 Å². The van der Waals surface area contributed by atoms with E-state index < -0.39 is 0 Å². The van der Waals surface area contributed by atoms with Gasteiger partial charge in [0.2, 0.25) is 0 Å². The monoisotopic (exact) mass is 236 g/mol. The lowest BCUT2D eigenvalue weighted by Crippen LogP contribution is -2.37. The molecule has 4 nitrogen and oxygen atoms in total. The number of amides is 1. The molecule has 1 aromatic heterocycles. The molecule has 4 heteroatoms. The Labute approximate surface area is 102 Å². The molecule has 0 aliphatic carbocycles. The second-order valence-electron chi connectivity index (χ2n) is 4.73. The lowest BCUT2D eigenvalue weighted by molar-refractivity contribution is 0.0706. The maximum absolute atomic E-state index is 12.4. The maximum Gasteiger partial charge on any atom is 0.270 e. The molecule has 0 radical (unpaired) electrons. The number of likely N-dealkylation sites (tertiary alicyclic amines) is 1. The number of aliphatic hydroxyl groups is 1. The van der Waals surface area contributed by atoms with Crippen molar-refractivity contribution in [1.29, 1.82) is 0 Å². The van der Waals surface area contributed by atoms with Crippen molar-refractivity contribution >= 4 is 5.91 Å². The van der Waals surface area contributed by atoms with Gasteiger partial charge in [0.1, 0.15) is 5.69 Å². The van der Waals surface area contributed by atoms with E-state index >= 15 is 0 Å². The van der Waals surface area contributed by atoms with Gasteiger partial charge in [-0.15, -0.1) is 0 Å². The van der Waals surface area contributed by atoms with Crippen LogP contribution in [0.3, 0.4) is 0 Å². The van der Waals surface area contributed by atoms with Crippen molar-refractivity contribution in [3.8, 4) is 0 Å². The van der Waals surface area contributed by atoms with Crippen LogP contribution in [0.25, 0.3) is 0 Å². The zero-order valence-electron chi connectivity index (χ0n) is 10.5. The minimum atomic E-state index is 0.0940. The van der Waals surface area contributed by atoms with Gasteiger partial charge in [0.15, 0.2) is 0 Å². The summed E-state index contributed by atoms with van der Waals surface area (Å²) >= 11 is 0. The van der Waals surface area contributed by atoms with Gasteiger partial charge in [0.05, 0.1) is 0 Å². The molecule has 1 aliphatic heterocycles. The van der Waals surface area contributed by atoms with Crippen LogP contribution in [0, 0.1) is 6.92 Å². The van der Waals surface area contributed by atoms with E-state index in [1.807, 2.05) is 35.6 Å². The molecule has 1 N–H and O–H groups in total. The Morgan fingerprint density at radius 1 is 1.53 bits per heavy atom. The first-order chi connectivity index (χ1) is 8.15. The second kappa shape index (κ2) is 4.92. The van der Waals surface area contributed by atoms with E-state index in [0.29, 0.717) is 6.42 Å². The van der Waals surface area contributed by atoms with Crippen molar-refractivity contribution in [2.45, 2.75) is 32.2 Å². The van der Waals surface area contributed by atoms with Gasteiger partial charge in [0, 0.05) is 31.9 Å². The number of hydrogen-bond acceptors (Lipinski definition) is 2. The molecule has 17 heavy (non-hydrogen) atoms. The van der Waals surface area contributed by atoms with Crippen molar-refractivity contribution in [2.24, 2.45) is 7.05 Å². The predicted octanol–water partition coefficient (Wildman–Crippen LogP) is 1.32. The van der Waals surface area contributed by atoms with Crippen molar-refractivity contribution in [1.82, 2.24) is 9.47 Å². The maximum atomic E-state index is 12.4. The Morgan fingerprint density at radius 2 is 2.29 bits per heavy atom. The molecular formula is C13H20N2O2. The first kappa shape index (κ1) is 12.2. The molecule has 0 bridgehead atoms. The Kier molecular flexibility index (Phi) is 3.52. The summed E-state index contributed by atoms with van der Waals surface area (Å²) in [7, 11) is 1.92. The van der Waals surface area contributed by atoms with Crippen LogP contribution in [0.2, 0.25) is 0 Å². The minimum absolute atomic E-state index is 0.0940. The molecule has 1 saturated heterocycles. The first-order valence-corrected chi connectivity index (χ1v) is 6.19. The molecule has 1 unspecified atom stereocenters. The summed E-state index contributed by atoms with van der Waals surface area (Å²) in [6, 6.07) is 4.05. The lowest BCUT2D eigenvalue weighted by Gasteiger charge is -2.24. The van der Waals surface area contributed by atoms with E-state index in [1.165, 1.54) is 0 Å². The molecule has 2 heterocycles. The van der Waals surface area contributed by atoms with Crippen molar-refractivity contribution < 1.29 is 9.90 Å². The number of rotatable bonds is 3. The highest BCUT2D eigenvalue weighted by molar-refractivity contribution is 5.93. The molecule has 1 atom stereocenters. The average molecular weight is 236 g/mol. The van der Waals surface area contributed by atoms with Gasteiger partial charge in [0.25, 0.3) is 5.91 Å². The summed E-state index contributed by atoms with van der Waals surface area (Å²) in [5.41, 5.74) is 1.83. The van der Waals surface area contributed by atoms with Crippen LogP contribution in [0.1, 0.15) is 35.4 Å². The summed E-state index contributed by atoms with van der Waals surface area (Å²) in [5, 5.41) is 9.01. The number of nitrogens with zero attached hydrogens (tertiary/aromatic N) is 2. The average Bonchev–Trinajstić information content (AvgIpc) is 2.88. The third kappa shape index (κ3) is 2.22. The number of carbonyl (C=O) groups excluding carboxylic acids is 1. The van der Waals surface area contributed by atoms with Crippen molar-refractivity contribution in [3.63, 3.8) is 0 Å². The van der Waals surface area contributed by atoms with E-state index in [4.69, 9.17) is 5.11 Å². The van der Waals surface area contributed by atoms with Crippen LogP contribution >= 0.6 is 0 Å². The quantitative estimate of drug-likeness (QED) is 0.860. The highest BCUT2D eigenvalue weighted by atomic mass is 16.3. The third-order valence-electron chi connectivity index (χ3n) is 3.69. The smallest absolute Gasteiger partial charge is 0.270 e. The molecule has 2 rings (SSSR count). The van der Waals surface area contributed by atoms with Gasteiger partial charge in [-0.1, -0.05) is 0 Å². The molecule has 0 aromatic carbocycles. The van der Waals surface area contributed by atoms with Crippen LogP contribution < -0.4 is 0 Å². The van der Waals surface area contributed by atoms with Crippen LogP contribution in [0.15, 0.2) is 12.1 Å². The Bertz CT molecular complexity index is 412. The summed E-state index contributed by atoms with van der Waals surface area (Å²) in [4.78, 5) is 14.3. The van der Waals surface area contributed by atoms with E-state index in [2.05, 4.69) is 0 Å². The Balaban J connectivity index is 2.17. The van der Waals surface area contributed by atoms with Crippen LogP contribution in [-0.4, -0.2) is 39.7 Å². The van der Waals surface area contributed by atoms with E-state index in [1.54, 1.807) is 0 Å². The molecule has 1 aromatic rings. The highest BCUT2D eigenvalue weighted by Gasteiger charge is 2.29. The minimum Gasteiger partial charge on any atom is -0.396 e. The Hall–Kier alpha value is -1.29. The largest absolute Gasteiger partial charge is 0.396 e. The molecule has 1 amide bonds. The van der Waals surface area contributed by atoms with Crippen molar-refractivity contribution in [3.05, 3.63) is 23.5 Å². The fourth-order valence-electron chi connectivity index (χ4n) is 2.53. The molecule has 1 aliphatic rings. The summed E-state index contributed by atoms with van der Waals surface area (Å²) < 4.78 is 1.93. The standard InChI is InChI=1S/C13H20N2O2/c1-10-5-6-12(14(10)2)13(17)15-8-3-4-11(15)7-9-16/h5-6,11,16H,3-4,7-9H2,1-2H3. The van der Waals surface area contributed by atoms with Gasteiger partial charge < -0.3 is 14.6 Å². The number of aromatic nitrogens is 1. The fourth-order valence-corrected chi connectivity index (χ4v) is 2.53. The highest BCUT2D eigenvalue weighted by Crippen LogP contribution is 2.22. The van der Waals surface area contributed by atoms with Gasteiger partial charge in [-0.25, -0.2) is 0 Å². The van der Waals surface area contributed by atoms with Crippen LogP contribution in [0.5, 0.6) is 0 Å². The zero-order valence-corrected chi connectivity index (χ0v) is 10.5. The first-order valence-electron chi connectivity index (χ1n) is 6.19. The number of hydrogen-bond donors (Lipinski definition) is 1. The SMILES string of the molecule is Cc1ccc(C(=O)N2CCCC2CCO)n1C. The van der Waals surface area contributed by atoms with E-state index in [0.717, 1.165) is 30.8 Å². The van der Waals surface area contributed by atoms with Gasteiger partial charge in [-0.2, -0.15) is 0 Å². The van der Waals surface area contributed by atoms with E-state index in [-0.39, 0.29) is 18.6 Å². The predicted molar refractivity (Wildman–Crippen MR) is 65.9 cm³/mol. The Morgan fingerprint density at radius 3 is 2.88 bits per heavy atom. The normalized spacial score (nSPS) is 19.9. The molecule has 1 fully saturated rings. The second-order valence-corrected chi connectivity index (χ2v) is 4.73. The summed E-state index contributed by atoms with van der Waals surface area (Å²) in [5.74, 6) is 0.0940. The van der Waals surface area contributed by atoms with Crippen LogP contribution in [-0.2, 0) is 7.05 Å². The summed E-state index contributed by atoms with van der Waals surface area (Å²) in [6.07, 6.45) is 2.74. The molecule has 0 spiro atoms. The fraction of sp³-hybridized carbons (Fsp3) is 0.615. The van der Waals surface area contributed by atoms with Gasteiger partial charge in [-0.3, -0.25) is 4.79 Å². The topological polar surface area (TPSA) is 45.5 Å².